The lowest BCUT2D eigenvalue weighted by Gasteiger charge is -2.26. The highest BCUT2D eigenvalue weighted by atomic mass is 16.6. The smallest absolute Gasteiger partial charge is 0.295 e. The SMILES string of the molecule is COc1cccc(C2/C(=C(/O)c3cccc([N+](=O)[O-])c3)C(=O)C(=O)N2CCN(C)C)c1. The van der Waals surface area contributed by atoms with E-state index in [0.717, 1.165) is 0 Å². The molecule has 1 N–H and O–H groups in total. The van der Waals surface area contributed by atoms with Gasteiger partial charge in [-0.05, 0) is 31.8 Å². The highest BCUT2D eigenvalue weighted by molar-refractivity contribution is 6.46. The van der Waals surface area contributed by atoms with Crippen LogP contribution in [0.25, 0.3) is 5.76 Å². The van der Waals surface area contributed by atoms with Gasteiger partial charge in [0.15, 0.2) is 0 Å². The van der Waals surface area contributed by atoms with Gasteiger partial charge in [-0.3, -0.25) is 19.7 Å². The summed E-state index contributed by atoms with van der Waals surface area (Å²) in [5, 5.41) is 22.1. The van der Waals surface area contributed by atoms with Gasteiger partial charge in [-0.25, -0.2) is 0 Å². The lowest BCUT2D eigenvalue weighted by Crippen LogP contribution is -2.35. The Balaban J connectivity index is 2.18. The summed E-state index contributed by atoms with van der Waals surface area (Å²) in [5.41, 5.74) is 0.332. The zero-order chi connectivity index (χ0) is 22.7. The number of nitro groups is 1. The Morgan fingerprint density at radius 2 is 1.90 bits per heavy atom. The number of carbonyl (C=O) groups is 2. The molecule has 0 radical (unpaired) electrons. The standard InChI is InChI=1S/C22H23N3O6/c1-23(2)10-11-24-19(14-6-5-9-17(13-14)31-3)18(21(27)22(24)28)20(26)15-7-4-8-16(12-15)25(29)30/h4-9,12-13,19,26H,10-11H2,1-3H3/b20-18-. The Kier molecular flexibility index (Phi) is 6.36. The normalized spacial score (nSPS) is 17.9. The number of nitro benzene ring substituents is 1. The number of aliphatic hydroxyl groups is 1. The fraction of sp³-hybridized carbons (Fsp3) is 0.273. The van der Waals surface area contributed by atoms with Crippen molar-refractivity contribution in [2.75, 3.05) is 34.3 Å². The second-order valence-electron chi connectivity index (χ2n) is 7.38. The third kappa shape index (κ3) is 4.41. The van der Waals surface area contributed by atoms with Crippen molar-refractivity contribution in [3.63, 3.8) is 0 Å². The number of hydrogen-bond acceptors (Lipinski definition) is 7. The predicted molar refractivity (Wildman–Crippen MR) is 114 cm³/mol. The summed E-state index contributed by atoms with van der Waals surface area (Å²) in [6.45, 7) is 0.759. The van der Waals surface area contributed by atoms with Gasteiger partial charge in [0.1, 0.15) is 11.5 Å². The van der Waals surface area contributed by atoms with Crippen molar-refractivity contribution in [3.8, 4) is 5.75 Å². The number of nitrogens with zero attached hydrogens (tertiary/aromatic N) is 3. The number of hydrogen-bond donors (Lipinski definition) is 1. The zero-order valence-electron chi connectivity index (χ0n) is 17.4. The van der Waals surface area contributed by atoms with Crippen LogP contribution >= 0.6 is 0 Å². The van der Waals surface area contributed by atoms with Crippen molar-refractivity contribution in [2.45, 2.75) is 6.04 Å². The molecule has 0 spiro atoms. The molecule has 3 rings (SSSR count). The first kappa shape index (κ1) is 22.0. The van der Waals surface area contributed by atoms with E-state index in [9.17, 15) is 24.8 Å². The lowest BCUT2D eigenvalue weighted by molar-refractivity contribution is -0.384. The summed E-state index contributed by atoms with van der Waals surface area (Å²) in [6.07, 6.45) is 0. The molecule has 162 valence electrons. The number of amides is 1. The molecule has 0 aromatic heterocycles. The average Bonchev–Trinajstić information content (AvgIpc) is 3.02. The van der Waals surface area contributed by atoms with Crippen molar-refractivity contribution in [2.24, 2.45) is 0 Å². The van der Waals surface area contributed by atoms with E-state index >= 15 is 0 Å². The fourth-order valence-corrected chi connectivity index (χ4v) is 3.50. The summed E-state index contributed by atoms with van der Waals surface area (Å²) in [7, 11) is 5.20. The average molecular weight is 425 g/mol. The second-order valence-corrected chi connectivity index (χ2v) is 7.38. The molecule has 1 fully saturated rings. The summed E-state index contributed by atoms with van der Waals surface area (Å²) in [5.74, 6) is -1.49. The molecule has 31 heavy (non-hydrogen) atoms. The Morgan fingerprint density at radius 3 is 2.55 bits per heavy atom. The van der Waals surface area contributed by atoms with Gasteiger partial charge in [-0.2, -0.15) is 0 Å². The van der Waals surface area contributed by atoms with Crippen molar-refractivity contribution >= 4 is 23.1 Å². The number of likely N-dealkylation sites (tertiary alicyclic amines) is 1. The maximum absolute atomic E-state index is 12.9. The number of methoxy groups -OCH3 is 1. The lowest BCUT2D eigenvalue weighted by atomic mass is 9.95. The number of likely N-dealkylation sites (N-methyl/N-ethyl adjacent to an activating group) is 1. The first-order chi connectivity index (χ1) is 14.7. The number of rotatable bonds is 7. The Labute approximate surface area is 179 Å². The van der Waals surface area contributed by atoms with Crippen LogP contribution in [0.3, 0.4) is 0 Å². The minimum Gasteiger partial charge on any atom is -0.507 e. The number of Topliss-reactive ketones (excluding diaryl/α,β-unsaturated/α-hetero) is 1. The van der Waals surface area contributed by atoms with Crippen LogP contribution in [0.4, 0.5) is 5.69 Å². The molecular weight excluding hydrogens is 402 g/mol. The van der Waals surface area contributed by atoms with Crippen LogP contribution in [0.1, 0.15) is 17.2 Å². The minimum atomic E-state index is -0.852. The van der Waals surface area contributed by atoms with Gasteiger partial charge in [-0.15, -0.1) is 0 Å². The molecule has 1 aliphatic heterocycles. The van der Waals surface area contributed by atoms with Gasteiger partial charge in [0.2, 0.25) is 0 Å². The van der Waals surface area contributed by atoms with Crippen LogP contribution < -0.4 is 4.74 Å². The number of aliphatic hydroxyl groups excluding tert-OH is 1. The molecule has 1 saturated heterocycles. The van der Waals surface area contributed by atoms with E-state index in [4.69, 9.17) is 4.74 Å². The van der Waals surface area contributed by atoms with Gasteiger partial charge < -0.3 is 19.6 Å². The molecule has 1 atom stereocenters. The molecule has 0 saturated carbocycles. The molecule has 0 bridgehead atoms. The van der Waals surface area contributed by atoms with Crippen LogP contribution in [0, 0.1) is 10.1 Å². The summed E-state index contributed by atoms with van der Waals surface area (Å²) in [4.78, 5) is 39.6. The van der Waals surface area contributed by atoms with Crippen molar-refractivity contribution < 1.29 is 24.4 Å². The van der Waals surface area contributed by atoms with E-state index in [2.05, 4.69) is 0 Å². The Morgan fingerprint density at radius 1 is 1.19 bits per heavy atom. The molecule has 9 nitrogen and oxygen atoms in total. The number of benzene rings is 2. The summed E-state index contributed by atoms with van der Waals surface area (Å²) < 4.78 is 5.27. The van der Waals surface area contributed by atoms with Crippen molar-refractivity contribution in [3.05, 3.63) is 75.3 Å². The molecule has 1 heterocycles. The first-order valence-corrected chi connectivity index (χ1v) is 9.56. The molecule has 2 aromatic carbocycles. The molecule has 1 aliphatic rings. The van der Waals surface area contributed by atoms with E-state index in [1.165, 1.54) is 36.3 Å². The minimum absolute atomic E-state index is 0.0905. The van der Waals surface area contributed by atoms with Gasteiger partial charge in [-0.1, -0.05) is 24.3 Å². The molecule has 0 aliphatic carbocycles. The number of non-ortho nitro benzene ring substituents is 1. The topological polar surface area (TPSA) is 113 Å². The van der Waals surface area contributed by atoms with Crippen LogP contribution in [0.5, 0.6) is 5.75 Å². The molecule has 9 heteroatoms. The Bertz CT molecular complexity index is 1060. The maximum Gasteiger partial charge on any atom is 0.295 e. The van der Waals surface area contributed by atoms with E-state index in [1.54, 1.807) is 24.3 Å². The molecular formula is C22H23N3O6. The first-order valence-electron chi connectivity index (χ1n) is 9.56. The highest BCUT2D eigenvalue weighted by Gasteiger charge is 2.46. The maximum atomic E-state index is 12.9. The fourth-order valence-electron chi connectivity index (χ4n) is 3.50. The van der Waals surface area contributed by atoms with Gasteiger partial charge in [0, 0.05) is 30.8 Å². The van der Waals surface area contributed by atoms with Gasteiger partial charge >= 0.3 is 0 Å². The molecule has 1 amide bonds. The van der Waals surface area contributed by atoms with E-state index in [0.29, 0.717) is 17.9 Å². The summed E-state index contributed by atoms with van der Waals surface area (Å²) >= 11 is 0. The van der Waals surface area contributed by atoms with Crippen molar-refractivity contribution in [1.82, 2.24) is 9.80 Å². The van der Waals surface area contributed by atoms with Crippen molar-refractivity contribution in [1.29, 1.82) is 0 Å². The third-order valence-corrected chi connectivity index (χ3v) is 5.07. The van der Waals surface area contributed by atoms with E-state index in [-0.39, 0.29) is 23.4 Å². The van der Waals surface area contributed by atoms with Crippen LogP contribution in [0.15, 0.2) is 54.1 Å². The molecule has 1 unspecified atom stereocenters. The van der Waals surface area contributed by atoms with E-state index in [1.807, 2.05) is 19.0 Å². The number of carbonyl (C=O) groups excluding carboxylic acids is 2. The van der Waals surface area contributed by atoms with Crippen LogP contribution in [-0.2, 0) is 9.59 Å². The summed E-state index contributed by atoms with van der Waals surface area (Å²) in [6, 6.07) is 11.4. The molecule has 2 aromatic rings. The highest BCUT2D eigenvalue weighted by Crippen LogP contribution is 2.40. The second kappa shape index (κ2) is 8.97. The largest absolute Gasteiger partial charge is 0.507 e. The third-order valence-electron chi connectivity index (χ3n) is 5.07. The van der Waals surface area contributed by atoms with Crippen LogP contribution in [-0.4, -0.2) is 65.8 Å². The van der Waals surface area contributed by atoms with Gasteiger partial charge in [0.25, 0.3) is 17.4 Å². The number of ether oxygens (including phenoxy) is 1. The monoisotopic (exact) mass is 425 g/mol. The quantitative estimate of drug-likeness (QED) is 0.238. The Hall–Kier alpha value is -3.72. The van der Waals surface area contributed by atoms with Gasteiger partial charge in [0.05, 0.1) is 23.6 Å². The van der Waals surface area contributed by atoms with Crippen LogP contribution in [0.2, 0.25) is 0 Å². The number of ketones is 1. The zero-order valence-corrected chi connectivity index (χ0v) is 17.4. The van der Waals surface area contributed by atoms with E-state index < -0.39 is 28.4 Å². The predicted octanol–water partition coefficient (Wildman–Crippen LogP) is 2.59.